The maximum Gasteiger partial charge on any atom is 0.150 e. The minimum absolute atomic E-state index is 0.113. The van der Waals surface area contributed by atoms with E-state index in [2.05, 4.69) is 17.3 Å². The van der Waals surface area contributed by atoms with Crippen LogP contribution in [-0.4, -0.2) is 57.5 Å². The first-order valence-corrected chi connectivity index (χ1v) is 9.52. The third-order valence-electron chi connectivity index (χ3n) is 4.77. The van der Waals surface area contributed by atoms with Gasteiger partial charge in [-0.3, -0.25) is 0 Å². The SMILES string of the molecule is CN(CC1CCCNC1)C1CCCC(S(C)(=O)=O)C1. The summed E-state index contributed by atoms with van der Waals surface area (Å²) in [6.07, 6.45) is 7.86. The summed E-state index contributed by atoms with van der Waals surface area (Å²) < 4.78 is 23.4. The number of hydrogen-bond donors (Lipinski definition) is 1. The molecule has 3 unspecified atom stereocenters. The van der Waals surface area contributed by atoms with E-state index in [-0.39, 0.29) is 5.25 Å². The van der Waals surface area contributed by atoms with Crippen molar-refractivity contribution in [1.82, 2.24) is 10.2 Å². The Balaban J connectivity index is 1.86. The van der Waals surface area contributed by atoms with Gasteiger partial charge >= 0.3 is 0 Å². The van der Waals surface area contributed by atoms with E-state index >= 15 is 0 Å². The molecule has 1 saturated heterocycles. The topological polar surface area (TPSA) is 49.4 Å². The summed E-state index contributed by atoms with van der Waals surface area (Å²) in [5.41, 5.74) is 0. The lowest BCUT2D eigenvalue weighted by atomic mass is 9.92. The van der Waals surface area contributed by atoms with Gasteiger partial charge in [0, 0.05) is 18.8 Å². The van der Waals surface area contributed by atoms with Gasteiger partial charge in [-0.1, -0.05) is 6.42 Å². The van der Waals surface area contributed by atoms with E-state index in [9.17, 15) is 8.42 Å². The second kappa shape index (κ2) is 6.55. The van der Waals surface area contributed by atoms with Crippen molar-refractivity contribution in [3.63, 3.8) is 0 Å². The molecular weight excluding hydrogens is 260 g/mol. The molecule has 2 fully saturated rings. The number of sulfone groups is 1. The highest BCUT2D eigenvalue weighted by Gasteiger charge is 2.31. The molecular formula is C14H28N2O2S. The van der Waals surface area contributed by atoms with Gasteiger partial charge in [0.2, 0.25) is 0 Å². The summed E-state index contributed by atoms with van der Waals surface area (Å²) in [7, 11) is -0.694. The number of hydrogen-bond acceptors (Lipinski definition) is 4. The van der Waals surface area contributed by atoms with Crippen molar-refractivity contribution in [3.8, 4) is 0 Å². The Morgan fingerprint density at radius 3 is 2.63 bits per heavy atom. The van der Waals surface area contributed by atoms with Crippen LogP contribution in [-0.2, 0) is 9.84 Å². The number of nitrogens with zero attached hydrogens (tertiary/aromatic N) is 1. The van der Waals surface area contributed by atoms with E-state index in [1.165, 1.54) is 19.1 Å². The van der Waals surface area contributed by atoms with Crippen LogP contribution in [0.4, 0.5) is 0 Å². The van der Waals surface area contributed by atoms with Crippen LogP contribution in [0.3, 0.4) is 0 Å². The van der Waals surface area contributed by atoms with E-state index < -0.39 is 9.84 Å². The van der Waals surface area contributed by atoms with Gasteiger partial charge in [0.25, 0.3) is 0 Å². The van der Waals surface area contributed by atoms with Gasteiger partial charge in [-0.2, -0.15) is 0 Å². The van der Waals surface area contributed by atoms with E-state index in [0.717, 1.165) is 51.2 Å². The van der Waals surface area contributed by atoms with Crippen molar-refractivity contribution in [2.24, 2.45) is 5.92 Å². The smallest absolute Gasteiger partial charge is 0.150 e. The summed E-state index contributed by atoms with van der Waals surface area (Å²) in [5.74, 6) is 0.734. The lowest BCUT2D eigenvalue weighted by Crippen LogP contribution is -2.44. The largest absolute Gasteiger partial charge is 0.316 e. The van der Waals surface area contributed by atoms with Gasteiger partial charge in [-0.05, 0) is 58.2 Å². The van der Waals surface area contributed by atoms with Crippen molar-refractivity contribution in [3.05, 3.63) is 0 Å². The predicted octanol–water partition coefficient (Wildman–Crippen LogP) is 1.27. The molecule has 1 heterocycles. The zero-order valence-electron chi connectivity index (χ0n) is 12.3. The van der Waals surface area contributed by atoms with E-state index in [1.807, 2.05) is 0 Å². The first kappa shape index (κ1) is 15.3. The minimum atomic E-state index is -2.86. The number of rotatable bonds is 4. The molecule has 2 aliphatic rings. The maximum absolute atomic E-state index is 11.7. The molecule has 0 aromatic heterocycles. The van der Waals surface area contributed by atoms with Crippen LogP contribution >= 0.6 is 0 Å². The fourth-order valence-electron chi connectivity index (χ4n) is 3.55. The molecule has 112 valence electrons. The normalized spacial score (nSPS) is 33.5. The summed E-state index contributed by atoms with van der Waals surface area (Å²) in [4.78, 5) is 2.41. The Labute approximate surface area is 117 Å². The zero-order valence-corrected chi connectivity index (χ0v) is 13.1. The Bertz CT molecular complexity index is 377. The van der Waals surface area contributed by atoms with Crippen molar-refractivity contribution < 1.29 is 8.42 Å². The van der Waals surface area contributed by atoms with Crippen molar-refractivity contribution in [2.75, 3.05) is 32.9 Å². The summed E-state index contributed by atoms with van der Waals surface area (Å²) in [5, 5.41) is 3.34. The van der Waals surface area contributed by atoms with Crippen LogP contribution in [0.15, 0.2) is 0 Å². The highest BCUT2D eigenvalue weighted by atomic mass is 32.2. The molecule has 1 aliphatic heterocycles. The monoisotopic (exact) mass is 288 g/mol. The molecule has 1 saturated carbocycles. The number of nitrogens with one attached hydrogen (secondary N) is 1. The molecule has 0 spiro atoms. The quantitative estimate of drug-likeness (QED) is 0.846. The average molecular weight is 288 g/mol. The molecule has 1 aliphatic carbocycles. The lowest BCUT2D eigenvalue weighted by molar-refractivity contribution is 0.156. The first-order chi connectivity index (χ1) is 8.97. The van der Waals surface area contributed by atoms with Crippen LogP contribution in [0.2, 0.25) is 0 Å². The van der Waals surface area contributed by atoms with Crippen molar-refractivity contribution in [1.29, 1.82) is 0 Å². The molecule has 3 atom stereocenters. The van der Waals surface area contributed by atoms with Crippen LogP contribution in [0.25, 0.3) is 0 Å². The van der Waals surface area contributed by atoms with Crippen molar-refractivity contribution >= 4 is 9.84 Å². The third kappa shape index (κ3) is 4.43. The van der Waals surface area contributed by atoms with E-state index in [0.29, 0.717) is 6.04 Å². The van der Waals surface area contributed by atoms with Gasteiger partial charge in [0.1, 0.15) is 9.84 Å². The van der Waals surface area contributed by atoms with Crippen LogP contribution in [0.1, 0.15) is 38.5 Å². The third-order valence-corrected chi connectivity index (χ3v) is 6.41. The highest BCUT2D eigenvalue weighted by molar-refractivity contribution is 7.91. The Kier molecular flexibility index (Phi) is 5.26. The molecule has 0 bridgehead atoms. The average Bonchev–Trinajstić information content (AvgIpc) is 2.39. The summed E-state index contributed by atoms with van der Waals surface area (Å²) >= 11 is 0. The standard InChI is InChI=1S/C14H28N2O2S/c1-16(11-12-5-4-8-15-10-12)13-6-3-7-14(9-13)19(2,17)18/h12-15H,3-11H2,1-2H3. The van der Waals surface area contributed by atoms with Gasteiger partial charge < -0.3 is 10.2 Å². The molecule has 0 amide bonds. The maximum atomic E-state index is 11.7. The Morgan fingerprint density at radius 1 is 1.21 bits per heavy atom. The molecule has 19 heavy (non-hydrogen) atoms. The summed E-state index contributed by atoms with van der Waals surface area (Å²) in [6.45, 7) is 3.38. The van der Waals surface area contributed by atoms with Crippen LogP contribution < -0.4 is 5.32 Å². The van der Waals surface area contributed by atoms with Crippen LogP contribution in [0.5, 0.6) is 0 Å². The van der Waals surface area contributed by atoms with E-state index in [1.54, 1.807) is 0 Å². The van der Waals surface area contributed by atoms with Crippen molar-refractivity contribution in [2.45, 2.75) is 49.8 Å². The predicted molar refractivity (Wildman–Crippen MR) is 79.1 cm³/mol. The van der Waals surface area contributed by atoms with Crippen LogP contribution in [0, 0.1) is 5.92 Å². The molecule has 0 aromatic rings. The van der Waals surface area contributed by atoms with Gasteiger partial charge in [-0.25, -0.2) is 8.42 Å². The minimum Gasteiger partial charge on any atom is -0.316 e. The molecule has 2 rings (SSSR count). The lowest BCUT2D eigenvalue weighted by Gasteiger charge is -2.37. The first-order valence-electron chi connectivity index (χ1n) is 7.56. The summed E-state index contributed by atoms with van der Waals surface area (Å²) in [6, 6.07) is 0.454. The zero-order chi connectivity index (χ0) is 13.9. The number of piperidine rings is 1. The molecule has 4 nitrogen and oxygen atoms in total. The molecule has 5 heteroatoms. The second-order valence-corrected chi connectivity index (χ2v) is 8.75. The van der Waals surface area contributed by atoms with Gasteiger partial charge in [0.15, 0.2) is 0 Å². The fourth-order valence-corrected chi connectivity index (χ4v) is 4.71. The van der Waals surface area contributed by atoms with Gasteiger partial charge in [-0.15, -0.1) is 0 Å². The Morgan fingerprint density at radius 2 is 2.00 bits per heavy atom. The fraction of sp³-hybridized carbons (Fsp3) is 1.00. The van der Waals surface area contributed by atoms with E-state index in [4.69, 9.17) is 0 Å². The second-order valence-electron chi connectivity index (χ2n) is 6.42. The highest BCUT2D eigenvalue weighted by Crippen LogP contribution is 2.27. The van der Waals surface area contributed by atoms with Gasteiger partial charge in [0.05, 0.1) is 5.25 Å². The molecule has 0 aromatic carbocycles. The molecule has 1 N–H and O–H groups in total. The Hall–Kier alpha value is -0.130. The molecule has 0 radical (unpaired) electrons.